The predicted octanol–water partition coefficient (Wildman–Crippen LogP) is 1.13. The first-order valence-electron chi connectivity index (χ1n) is 8.59. The van der Waals surface area contributed by atoms with Gasteiger partial charge in [-0.25, -0.2) is 18.5 Å². The number of fused-ring (bicyclic) bond motifs is 1. The lowest BCUT2D eigenvalue weighted by atomic mass is 10.2. The van der Waals surface area contributed by atoms with E-state index in [1.54, 1.807) is 4.90 Å². The highest BCUT2D eigenvalue weighted by Crippen LogP contribution is 2.20. The van der Waals surface area contributed by atoms with Crippen molar-refractivity contribution in [3.63, 3.8) is 0 Å². The van der Waals surface area contributed by atoms with Gasteiger partial charge in [0.15, 0.2) is 0 Å². The molecule has 25 heavy (non-hydrogen) atoms. The van der Waals surface area contributed by atoms with Crippen LogP contribution in [0.4, 0.5) is 0 Å². The lowest BCUT2D eigenvalue weighted by Gasteiger charge is -2.17. The summed E-state index contributed by atoms with van der Waals surface area (Å²) in [5.74, 6) is 0.918. The number of primary sulfonamides is 1. The lowest BCUT2D eigenvalue weighted by molar-refractivity contribution is -0.130. The minimum atomic E-state index is -3.49. The summed E-state index contributed by atoms with van der Waals surface area (Å²) < 4.78 is 24.5. The lowest BCUT2D eigenvalue weighted by Crippen LogP contribution is -2.31. The van der Waals surface area contributed by atoms with E-state index >= 15 is 0 Å². The molecule has 2 heterocycles. The number of aromatic nitrogens is 2. The molecule has 1 saturated heterocycles. The Morgan fingerprint density at radius 1 is 1.36 bits per heavy atom. The van der Waals surface area contributed by atoms with Crippen LogP contribution in [0.5, 0.6) is 0 Å². The molecule has 1 fully saturated rings. The standard InChI is InChI=1S/C17H24N4O3S/c1-2-16-19-14-5-3-4-6-15(14)21(16)10-8-17(22)20-9-7-13(11-20)12-25(18,23)24/h3-6,13H,2,7-12H2,1H3,(H2,18,23,24)/t13-/m1/s1. The molecule has 0 aliphatic carbocycles. The largest absolute Gasteiger partial charge is 0.342 e. The predicted molar refractivity (Wildman–Crippen MR) is 96.4 cm³/mol. The third-order valence-corrected chi connectivity index (χ3v) is 5.64. The number of benzene rings is 1. The van der Waals surface area contributed by atoms with Crippen LogP contribution in [0.2, 0.25) is 0 Å². The first-order chi connectivity index (χ1) is 11.9. The Balaban J connectivity index is 1.64. The van der Waals surface area contributed by atoms with E-state index in [9.17, 15) is 13.2 Å². The number of carbonyl (C=O) groups is 1. The van der Waals surface area contributed by atoms with Crippen molar-refractivity contribution in [1.29, 1.82) is 0 Å². The number of hydrogen-bond donors (Lipinski definition) is 1. The number of para-hydroxylation sites is 2. The van der Waals surface area contributed by atoms with Gasteiger partial charge in [0.25, 0.3) is 0 Å². The molecule has 0 unspecified atom stereocenters. The number of nitrogens with zero attached hydrogens (tertiary/aromatic N) is 3. The summed E-state index contributed by atoms with van der Waals surface area (Å²) in [4.78, 5) is 18.9. The fourth-order valence-electron chi connectivity index (χ4n) is 3.53. The van der Waals surface area contributed by atoms with E-state index in [1.165, 1.54) is 0 Å². The van der Waals surface area contributed by atoms with Crippen molar-refractivity contribution in [3.8, 4) is 0 Å². The van der Waals surface area contributed by atoms with Gasteiger partial charge in [-0.15, -0.1) is 0 Å². The van der Waals surface area contributed by atoms with Gasteiger partial charge >= 0.3 is 0 Å². The molecular weight excluding hydrogens is 340 g/mol. The molecule has 1 aliphatic rings. The molecule has 2 aromatic rings. The first-order valence-corrected chi connectivity index (χ1v) is 10.3. The fourth-order valence-corrected chi connectivity index (χ4v) is 4.46. The Bertz CT molecular complexity index is 875. The van der Waals surface area contributed by atoms with E-state index < -0.39 is 10.0 Å². The van der Waals surface area contributed by atoms with Gasteiger partial charge in [-0.05, 0) is 24.5 Å². The number of nitrogens with two attached hydrogens (primary N) is 1. The van der Waals surface area contributed by atoms with Crippen LogP contribution in [0.3, 0.4) is 0 Å². The van der Waals surface area contributed by atoms with E-state index in [0.29, 0.717) is 32.5 Å². The number of likely N-dealkylation sites (tertiary alicyclic amines) is 1. The highest BCUT2D eigenvalue weighted by Gasteiger charge is 2.28. The van der Waals surface area contributed by atoms with Crippen molar-refractivity contribution in [2.45, 2.75) is 32.7 Å². The third-order valence-electron chi connectivity index (χ3n) is 4.71. The second kappa shape index (κ2) is 7.13. The maximum Gasteiger partial charge on any atom is 0.224 e. The van der Waals surface area contributed by atoms with Gasteiger partial charge in [-0.3, -0.25) is 4.79 Å². The van der Waals surface area contributed by atoms with Gasteiger partial charge in [0, 0.05) is 32.5 Å². The Hall–Kier alpha value is -1.93. The topological polar surface area (TPSA) is 98.3 Å². The van der Waals surface area contributed by atoms with E-state index in [4.69, 9.17) is 5.14 Å². The quantitative estimate of drug-likeness (QED) is 0.830. The maximum absolute atomic E-state index is 12.5. The number of imidazole rings is 1. The monoisotopic (exact) mass is 364 g/mol. The van der Waals surface area contributed by atoms with Crippen LogP contribution in [0.25, 0.3) is 11.0 Å². The molecule has 1 aliphatic heterocycles. The fraction of sp³-hybridized carbons (Fsp3) is 0.529. The number of sulfonamides is 1. The summed E-state index contributed by atoms with van der Waals surface area (Å²) in [5.41, 5.74) is 1.99. The van der Waals surface area contributed by atoms with Crippen LogP contribution in [-0.4, -0.2) is 47.6 Å². The van der Waals surface area contributed by atoms with Crippen LogP contribution < -0.4 is 5.14 Å². The average molecular weight is 364 g/mol. The van der Waals surface area contributed by atoms with Crippen molar-refractivity contribution in [1.82, 2.24) is 14.5 Å². The van der Waals surface area contributed by atoms with Crippen molar-refractivity contribution >= 4 is 27.0 Å². The molecular formula is C17H24N4O3S. The van der Waals surface area contributed by atoms with Gasteiger partial charge in [0.05, 0.1) is 16.8 Å². The Labute approximate surface area is 147 Å². The van der Waals surface area contributed by atoms with Gasteiger partial charge in [-0.2, -0.15) is 0 Å². The zero-order valence-electron chi connectivity index (χ0n) is 14.4. The molecule has 1 aromatic carbocycles. The number of aryl methyl sites for hydroxylation is 2. The molecule has 7 nitrogen and oxygen atoms in total. The van der Waals surface area contributed by atoms with Gasteiger partial charge in [-0.1, -0.05) is 19.1 Å². The third kappa shape index (κ3) is 4.19. The molecule has 136 valence electrons. The second-order valence-corrected chi connectivity index (χ2v) is 8.25. The highest BCUT2D eigenvalue weighted by molar-refractivity contribution is 7.89. The normalized spacial score (nSPS) is 18.2. The van der Waals surface area contributed by atoms with Crippen molar-refractivity contribution in [3.05, 3.63) is 30.1 Å². The zero-order valence-corrected chi connectivity index (χ0v) is 15.2. The SMILES string of the molecule is CCc1nc2ccccc2n1CCC(=O)N1CC[C@@H](CS(N)(=O)=O)C1. The Kier molecular flexibility index (Phi) is 5.10. The molecule has 8 heteroatoms. The number of hydrogen-bond acceptors (Lipinski definition) is 4. The summed E-state index contributed by atoms with van der Waals surface area (Å²) in [5, 5.41) is 5.10. The van der Waals surface area contributed by atoms with Crippen LogP contribution in [0.1, 0.15) is 25.6 Å². The van der Waals surface area contributed by atoms with E-state index in [2.05, 4.69) is 16.5 Å². The van der Waals surface area contributed by atoms with Crippen LogP contribution in [0.15, 0.2) is 24.3 Å². The second-order valence-electron chi connectivity index (χ2n) is 6.60. The summed E-state index contributed by atoms with van der Waals surface area (Å²) in [7, 11) is -3.49. The summed E-state index contributed by atoms with van der Waals surface area (Å²) in [6, 6.07) is 7.93. The van der Waals surface area contributed by atoms with E-state index in [0.717, 1.165) is 23.3 Å². The molecule has 0 saturated carbocycles. The zero-order chi connectivity index (χ0) is 18.0. The Morgan fingerprint density at radius 2 is 2.12 bits per heavy atom. The smallest absolute Gasteiger partial charge is 0.224 e. The molecule has 0 radical (unpaired) electrons. The van der Waals surface area contributed by atoms with E-state index in [-0.39, 0.29) is 17.6 Å². The van der Waals surface area contributed by atoms with Crippen LogP contribution in [-0.2, 0) is 27.8 Å². The van der Waals surface area contributed by atoms with Gasteiger partial charge < -0.3 is 9.47 Å². The number of carbonyl (C=O) groups excluding carboxylic acids is 1. The molecule has 1 amide bonds. The van der Waals surface area contributed by atoms with Crippen molar-refractivity contribution in [2.75, 3.05) is 18.8 Å². The highest BCUT2D eigenvalue weighted by atomic mass is 32.2. The minimum Gasteiger partial charge on any atom is -0.342 e. The van der Waals surface area contributed by atoms with Crippen molar-refractivity contribution < 1.29 is 13.2 Å². The maximum atomic E-state index is 12.5. The molecule has 0 spiro atoms. The Morgan fingerprint density at radius 3 is 2.84 bits per heavy atom. The van der Waals surface area contributed by atoms with Crippen LogP contribution in [0, 0.1) is 5.92 Å². The molecule has 1 atom stereocenters. The number of amides is 1. The summed E-state index contributed by atoms with van der Waals surface area (Å²) >= 11 is 0. The molecule has 1 aromatic heterocycles. The summed E-state index contributed by atoms with van der Waals surface area (Å²) in [6.07, 6.45) is 1.88. The first kappa shape index (κ1) is 17.9. The van der Waals surface area contributed by atoms with E-state index in [1.807, 2.05) is 24.3 Å². The molecule has 3 rings (SSSR count). The minimum absolute atomic E-state index is 0.0525. The van der Waals surface area contributed by atoms with Crippen molar-refractivity contribution in [2.24, 2.45) is 11.1 Å². The average Bonchev–Trinajstić information content (AvgIpc) is 3.15. The molecule has 0 bridgehead atoms. The van der Waals surface area contributed by atoms with Crippen LogP contribution >= 0.6 is 0 Å². The molecule has 2 N–H and O–H groups in total. The number of rotatable bonds is 6. The van der Waals surface area contributed by atoms with Gasteiger partial charge in [0.2, 0.25) is 15.9 Å². The van der Waals surface area contributed by atoms with Gasteiger partial charge in [0.1, 0.15) is 5.82 Å². The summed E-state index contributed by atoms with van der Waals surface area (Å²) in [6.45, 7) is 3.71.